The fraction of sp³-hybridized carbons (Fsp3) is 0.421. The normalized spacial score (nSPS) is 24.3. The molecule has 0 saturated carbocycles. The first-order valence-corrected chi connectivity index (χ1v) is 9.79. The van der Waals surface area contributed by atoms with Crippen LogP contribution in [-0.4, -0.2) is 32.4 Å². The van der Waals surface area contributed by atoms with Gasteiger partial charge in [0.05, 0.1) is 16.7 Å². The third kappa shape index (κ3) is 3.07. The highest BCUT2D eigenvalue weighted by Crippen LogP contribution is 2.48. The number of aliphatic imine (C=N–C) groups is 1. The Balaban J connectivity index is 1.91. The van der Waals surface area contributed by atoms with Crippen LogP contribution >= 0.6 is 11.8 Å². The predicted molar refractivity (Wildman–Crippen MR) is 102 cm³/mol. The van der Waals surface area contributed by atoms with Crippen LogP contribution in [-0.2, 0) is 9.59 Å². The molecule has 1 fully saturated rings. The molecule has 2 heterocycles. The highest BCUT2D eigenvalue weighted by Gasteiger charge is 2.45. The number of ketones is 1. The van der Waals surface area contributed by atoms with E-state index in [0.717, 1.165) is 0 Å². The molecule has 27 heavy (non-hydrogen) atoms. The SMILES string of the molecule is CC1(C)CC(=O)C2=C(C1)N=C1SCCC(=O)N1[C@H]2c1cccc([N+](=O)[O-])c1. The average Bonchev–Trinajstić information content (AvgIpc) is 2.59. The van der Waals surface area contributed by atoms with Crippen LogP contribution in [0.4, 0.5) is 5.69 Å². The summed E-state index contributed by atoms with van der Waals surface area (Å²) < 4.78 is 0. The number of amidine groups is 1. The number of non-ortho nitro benzene ring substituents is 1. The molecule has 1 aromatic carbocycles. The summed E-state index contributed by atoms with van der Waals surface area (Å²) in [6.45, 7) is 4.06. The molecule has 4 rings (SSSR count). The summed E-state index contributed by atoms with van der Waals surface area (Å²) in [5.41, 5.74) is 1.54. The zero-order chi connectivity index (χ0) is 19.3. The quantitative estimate of drug-likeness (QED) is 0.573. The lowest BCUT2D eigenvalue weighted by molar-refractivity contribution is -0.384. The van der Waals surface area contributed by atoms with E-state index in [1.165, 1.54) is 23.9 Å². The number of thioether (sulfide) groups is 1. The third-order valence-electron chi connectivity index (χ3n) is 5.08. The summed E-state index contributed by atoms with van der Waals surface area (Å²) in [4.78, 5) is 42.7. The molecule has 1 aliphatic carbocycles. The van der Waals surface area contributed by atoms with Gasteiger partial charge in [0.15, 0.2) is 11.0 Å². The summed E-state index contributed by atoms with van der Waals surface area (Å²) in [6, 6.07) is 5.56. The largest absolute Gasteiger partial charge is 0.294 e. The molecule has 0 unspecified atom stereocenters. The predicted octanol–water partition coefficient (Wildman–Crippen LogP) is 3.61. The van der Waals surface area contributed by atoms with Crippen LogP contribution in [0, 0.1) is 15.5 Å². The number of carbonyl (C=O) groups excluding carboxylic acids is 2. The van der Waals surface area contributed by atoms with E-state index in [4.69, 9.17) is 0 Å². The number of fused-ring (bicyclic) bond motifs is 1. The first-order valence-electron chi connectivity index (χ1n) is 8.81. The second-order valence-electron chi connectivity index (χ2n) is 7.81. The van der Waals surface area contributed by atoms with E-state index < -0.39 is 11.0 Å². The average molecular weight is 385 g/mol. The van der Waals surface area contributed by atoms with Crippen molar-refractivity contribution in [1.82, 2.24) is 4.90 Å². The maximum absolute atomic E-state index is 13.0. The van der Waals surface area contributed by atoms with Gasteiger partial charge in [0.2, 0.25) is 5.91 Å². The van der Waals surface area contributed by atoms with E-state index in [9.17, 15) is 19.7 Å². The van der Waals surface area contributed by atoms with Crippen molar-refractivity contribution in [3.05, 3.63) is 51.2 Å². The zero-order valence-corrected chi connectivity index (χ0v) is 15.9. The Kier molecular flexibility index (Phi) is 4.18. The first kappa shape index (κ1) is 17.9. The van der Waals surface area contributed by atoms with Crippen molar-refractivity contribution >= 4 is 34.3 Å². The molecule has 0 spiro atoms. The van der Waals surface area contributed by atoms with Crippen LogP contribution < -0.4 is 0 Å². The van der Waals surface area contributed by atoms with Gasteiger partial charge in [-0.05, 0) is 17.4 Å². The van der Waals surface area contributed by atoms with E-state index in [0.29, 0.717) is 47.0 Å². The minimum absolute atomic E-state index is 0.0380. The highest BCUT2D eigenvalue weighted by molar-refractivity contribution is 8.14. The zero-order valence-electron chi connectivity index (χ0n) is 15.1. The third-order valence-corrected chi connectivity index (χ3v) is 6.03. The van der Waals surface area contributed by atoms with Gasteiger partial charge in [0.1, 0.15) is 0 Å². The van der Waals surface area contributed by atoms with E-state index in [1.54, 1.807) is 17.0 Å². The van der Waals surface area contributed by atoms with Gasteiger partial charge < -0.3 is 0 Å². The van der Waals surface area contributed by atoms with E-state index in [1.807, 2.05) is 13.8 Å². The minimum atomic E-state index is -0.642. The summed E-state index contributed by atoms with van der Waals surface area (Å²) in [6.07, 6.45) is 1.38. The highest BCUT2D eigenvalue weighted by atomic mass is 32.2. The number of hydrogen-bond acceptors (Lipinski definition) is 6. The molecule has 0 aromatic heterocycles. The summed E-state index contributed by atoms with van der Waals surface area (Å²) in [5.74, 6) is 0.507. The number of allylic oxidation sites excluding steroid dienone is 1. The van der Waals surface area contributed by atoms with Gasteiger partial charge in [0, 0.05) is 36.3 Å². The molecule has 0 bridgehead atoms. The van der Waals surface area contributed by atoms with E-state index in [-0.39, 0.29) is 22.8 Å². The Labute approximate surface area is 160 Å². The lowest BCUT2D eigenvalue weighted by Crippen LogP contribution is -2.47. The number of nitro groups is 1. The van der Waals surface area contributed by atoms with Crippen molar-refractivity contribution in [2.24, 2.45) is 10.4 Å². The van der Waals surface area contributed by atoms with Crippen molar-refractivity contribution in [2.75, 3.05) is 5.75 Å². The number of nitrogens with zero attached hydrogens (tertiary/aromatic N) is 3. The maximum atomic E-state index is 13.0. The van der Waals surface area contributed by atoms with Gasteiger partial charge in [-0.2, -0.15) is 0 Å². The summed E-state index contributed by atoms with van der Waals surface area (Å²) in [7, 11) is 0. The molecule has 8 heteroatoms. The number of amides is 1. The van der Waals surface area contributed by atoms with Crippen LogP contribution in [0.2, 0.25) is 0 Å². The molecule has 1 amide bonds. The lowest BCUT2D eigenvalue weighted by Gasteiger charge is -2.43. The van der Waals surface area contributed by atoms with Gasteiger partial charge >= 0.3 is 0 Å². The molecule has 1 saturated heterocycles. The molecular weight excluding hydrogens is 366 g/mol. The second-order valence-corrected chi connectivity index (χ2v) is 8.87. The van der Waals surface area contributed by atoms with E-state index in [2.05, 4.69) is 4.99 Å². The van der Waals surface area contributed by atoms with Crippen molar-refractivity contribution in [3.63, 3.8) is 0 Å². The van der Waals surface area contributed by atoms with Crippen LogP contribution in [0.3, 0.4) is 0 Å². The fourth-order valence-electron chi connectivity index (χ4n) is 3.95. The van der Waals surface area contributed by atoms with Gasteiger partial charge in [-0.15, -0.1) is 0 Å². The molecule has 1 aromatic rings. The first-order chi connectivity index (χ1) is 12.8. The van der Waals surface area contributed by atoms with Gasteiger partial charge in [-0.3, -0.25) is 24.6 Å². The second kappa shape index (κ2) is 6.30. The van der Waals surface area contributed by atoms with Crippen LogP contribution in [0.25, 0.3) is 0 Å². The Morgan fingerprint density at radius 2 is 2.07 bits per heavy atom. The van der Waals surface area contributed by atoms with Crippen molar-refractivity contribution < 1.29 is 14.5 Å². The van der Waals surface area contributed by atoms with Gasteiger partial charge in [-0.25, -0.2) is 4.99 Å². The molecule has 140 valence electrons. The van der Waals surface area contributed by atoms with Gasteiger partial charge in [-0.1, -0.05) is 37.7 Å². The number of Topliss-reactive ketones (excluding diaryl/α,β-unsaturated/α-hetero) is 1. The Morgan fingerprint density at radius 1 is 1.30 bits per heavy atom. The Morgan fingerprint density at radius 3 is 2.81 bits per heavy atom. The van der Waals surface area contributed by atoms with Gasteiger partial charge in [0.25, 0.3) is 5.69 Å². The molecule has 7 nitrogen and oxygen atoms in total. The minimum Gasteiger partial charge on any atom is -0.294 e. The maximum Gasteiger partial charge on any atom is 0.269 e. The van der Waals surface area contributed by atoms with Crippen LogP contribution in [0.1, 0.15) is 44.7 Å². The number of nitro benzene ring substituents is 1. The Bertz CT molecular complexity index is 935. The fourth-order valence-corrected chi connectivity index (χ4v) is 4.93. The Hall–Kier alpha value is -2.48. The van der Waals surface area contributed by atoms with Crippen LogP contribution in [0.15, 0.2) is 40.5 Å². The van der Waals surface area contributed by atoms with Crippen molar-refractivity contribution in [2.45, 2.75) is 39.2 Å². The van der Waals surface area contributed by atoms with E-state index >= 15 is 0 Å². The molecule has 3 aliphatic rings. The molecular formula is C19H19N3O4S. The molecule has 1 atom stereocenters. The lowest BCUT2D eigenvalue weighted by atomic mass is 9.73. The number of carbonyl (C=O) groups is 2. The summed E-state index contributed by atoms with van der Waals surface area (Å²) >= 11 is 1.49. The standard InChI is InChI=1S/C19H19N3O4S/c1-19(2)9-13-16(14(23)10-19)17(11-4-3-5-12(8-11)22(25)26)21-15(24)6-7-27-18(21)20-13/h3-5,8,17H,6-7,9-10H2,1-2H3/t17-/m0/s1. The smallest absolute Gasteiger partial charge is 0.269 e. The summed E-state index contributed by atoms with van der Waals surface area (Å²) in [5, 5.41) is 11.8. The number of rotatable bonds is 2. The van der Waals surface area contributed by atoms with Crippen LogP contribution in [0.5, 0.6) is 0 Å². The molecule has 2 aliphatic heterocycles. The topological polar surface area (TPSA) is 92.9 Å². The number of hydrogen-bond donors (Lipinski definition) is 0. The molecule has 0 N–H and O–H groups in total. The van der Waals surface area contributed by atoms with Crippen molar-refractivity contribution in [1.29, 1.82) is 0 Å². The van der Waals surface area contributed by atoms with Crippen molar-refractivity contribution in [3.8, 4) is 0 Å². The number of benzene rings is 1. The molecule has 0 radical (unpaired) electrons. The monoisotopic (exact) mass is 385 g/mol.